The number of hydrogen-bond acceptors (Lipinski definition) is 9. The molecule has 4 heterocycles. The normalized spacial score (nSPS) is 17.0. The van der Waals surface area contributed by atoms with E-state index in [0.717, 1.165) is 11.3 Å². The number of esters is 2. The van der Waals surface area contributed by atoms with Gasteiger partial charge in [-0.3, -0.25) is 14.2 Å². The number of amides is 1. The molecule has 2 aromatic carbocycles. The van der Waals surface area contributed by atoms with Crippen molar-refractivity contribution in [2.24, 2.45) is 4.99 Å². The van der Waals surface area contributed by atoms with Crippen molar-refractivity contribution >= 4 is 40.4 Å². The van der Waals surface area contributed by atoms with E-state index in [1.54, 1.807) is 54.3 Å². The molecule has 2 aromatic heterocycles. The Bertz CT molecular complexity index is 1980. The number of rotatable bonds is 6. The Labute approximate surface area is 242 Å². The Hall–Kier alpha value is -5.29. The third kappa shape index (κ3) is 4.31. The maximum Gasteiger partial charge on any atom is 0.379 e. The summed E-state index contributed by atoms with van der Waals surface area (Å²) in [5.74, 6) is -1.34. The van der Waals surface area contributed by atoms with Crippen LogP contribution in [-0.4, -0.2) is 36.1 Å². The number of carbonyl (C=O) groups is 3. The minimum absolute atomic E-state index is 0.0497. The lowest BCUT2D eigenvalue weighted by Gasteiger charge is -2.24. The number of benzene rings is 2. The molecule has 0 radical (unpaired) electrons. The van der Waals surface area contributed by atoms with Gasteiger partial charge < -0.3 is 18.8 Å². The standard InChI is InChI=1S/C31H23N3O7S/c1-4-15-33-21-9-6-5-8-20(21)24(27(33)35)26-28(36)34-25(23(30(38)39-3)17(2)32-31(34)42-26)18-11-13-19(14-12-18)41-29(37)22-10-7-16-40-22/h4-14,16,25H,1,15H2,2-3H3/t25-/m0/s1. The van der Waals surface area contributed by atoms with Crippen LogP contribution in [0.2, 0.25) is 0 Å². The molecule has 0 saturated carbocycles. The summed E-state index contributed by atoms with van der Waals surface area (Å²) >= 11 is 1.09. The van der Waals surface area contributed by atoms with Crippen LogP contribution in [0, 0.1) is 0 Å². The van der Waals surface area contributed by atoms with Gasteiger partial charge in [-0.25, -0.2) is 14.6 Å². The molecule has 1 atom stereocenters. The minimum Gasteiger partial charge on any atom is -0.466 e. The zero-order valence-electron chi connectivity index (χ0n) is 22.5. The van der Waals surface area contributed by atoms with E-state index in [4.69, 9.17) is 13.9 Å². The summed E-state index contributed by atoms with van der Waals surface area (Å²) in [5, 5.41) is 0. The molecule has 0 saturated heterocycles. The van der Waals surface area contributed by atoms with Gasteiger partial charge in [0.25, 0.3) is 11.5 Å². The fraction of sp³-hybridized carbons (Fsp3) is 0.129. The minimum atomic E-state index is -0.908. The summed E-state index contributed by atoms with van der Waals surface area (Å²) in [6, 6.07) is 15.8. The lowest BCUT2D eigenvalue weighted by molar-refractivity contribution is -0.136. The van der Waals surface area contributed by atoms with E-state index in [1.165, 1.54) is 24.0 Å². The second-order valence-corrected chi connectivity index (χ2v) is 10.4. The molecule has 1 amide bonds. The number of para-hydroxylation sites is 1. The Morgan fingerprint density at radius 2 is 1.83 bits per heavy atom. The van der Waals surface area contributed by atoms with Crippen molar-refractivity contribution in [3.8, 4) is 5.75 Å². The van der Waals surface area contributed by atoms with Crippen molar-refractivity contribution in [3.05, 3.63) is 127 Å². The SMILES string of the molecule is C=CCN1C(=O)C(=c2sc3n(c2=O)[C@@H](c2ccc(OC(=O)c4ccco4)cc2)C(C(=O)OC)=C(C)N=3)c2ccccc21. The van der Waals surface area contributed by atoms with Gasteiger partial charge in [0.2, 0.25) is 5.76 Å². The zero-order valence-corrected chi connectivity index (χ0v) is 23.3. The van der Waals surface area contributed by atoms with Gasteiger partial charge in [0, 0.05) is 12.1 Å². The van der Waals surface area contributed by atoms with Crippen LogP contribution in [0.15, 0.2) is 105 Å². The quantitative estimate of drug-likeness (QED) is 0.195. The van der Waals surface area contributed by atoms with Gasteiger partial charge in [-0.15, -0.1) is 6.58 Å². The molecular formula is C31H23N3O7S. The Morgan fingerprint density at radius 1 is 1.07 bits per heavy atom. The number of furan rings is 1. The van der Waals surface area contributed by atoms with Crippen LogP contribution in [0.4, 0.5) is 5.69 Å². The van der Waals surface area contributed by atoms with Gasteiger partial charge in [0.15, 0.2) is 4.80 Å². The highest BCUT2D eigenvalue weighted by molar-refractivity contribution is 7.07. The lowest BCUT2D eigenvalue weighted by Crippen LogP contribution is -2.40. The molecule has 42 heavy (non-hydrogen) atoms. The molecule has 0 bridgehead atoms. The van der Waals surface area contributed by atoms with Crippen LogP contribution in [-0.2, 0) is 14.3 Å². The molecule has 0 spiro atoms. The van der Waals surface area contributed by atoms with E-state index in [1.807, 2.05) is 18.2 Å². The largest absolute Gasteiger partial charge is 0.466 e. The van der Waals surface area contributed by atoms with Crippen molar-refractivity contribution < 1.29 is 28.3 Å². The van der Waals surface area contributed by atoms with Gasteiger partial charge in [0.1, 0.15) is 10.3 Å². The fourth-order valence-corrected chi connectivity index (χ4v) is 6.28. The predicted octanol–water partition coefficient (Wildman–Crippen LogP) is 3.12. The van der Waals surface area contributed by atoms with Crippen LogP contribution in [0.5, 0.6) is 5.75 Å². The molecule has 11 heteroatoms. The van der Waals surface area contributed by atoms with Gasteiger partial charge in [0.05, 0.1) is 41.9 Å². The van der Waals surface area contributed by atoms with Crippen LogP contribution in [0.25, 0.3) is 5.57 Å². The smallest absolute Gasteiger partial charge is 0.379 e. The number of carbonyl (C=O) groups excluding carboxylic acids is 3. The molecule has 0 fully saturated rings. The average Bonchev–Trinajstić information content (AvgIpc) is 3.70. The summed E-state index contributed by atoms with van der Waals surface area (Å²) in [6.45, 7) is 5.70. The molecule has 0 N–H and O–H groups in total. The highest BCUT2D eigenvalue weighted by atomic mass is 32.1. The fourth-order valence-electron chi connectivity index (χ4n) is 5.14. The first-order chi connectivity index (χ1) is 20.3. The second kappa shape index (κ2) is 10.6. The third-order valence-electron chi connectivity index (χ3n) is 6.99. The molecule has 0 unspecified atom stereocenters. The van der Waals surface area contributed by atoms with Crippen LogP contribution in [0.1, 0.15) is 34.6 Å². The van der Waals surface area contributed by atoms with E-state index >= 15 is 0 Å². The highest BCUT2D eigenvalue weighted by Gasteiger charge is 2.37. The molecule has 4 aromatic rings. The monoisotopic (exact) mass is 581 g/mol. The van der Waals surface area contributed by atoms with E-state index in [2.05, 4.69) is 11.6 Å². The number of ether oxygens (including phenoxy) is 2. The molecule has 210 valence electrons. The lowest BCUT2D eigenvalue weighted by atomic mass is 9.96. The van der Waals surface area contributed by atoms with Crippen molar-refractivity contribution in [1.82, 2.24) is 4.57 Å². The average molecular weight is 582 g/mol. The summed E-state index contributed by atoms with van der Waals surface area (Å²) in [7, 11) is 1.26. The van der Waals surface area contributed by atoms with Crippen molar-refractivity contribution in [2.45, 2.75) is 13.0 Å². The number of hydrogen-bond donors (Lipinski definition) is 0. The molecule has 2 aliphatic heterocycles. The number of allylic oxidation sites excluding steroid dienone is 1. The summed E-state index contributed by atoms with van der Waals surface area (Å²) < 4.78 is 17.2. The first kappa shape index (κ1) is 26.9. The van der Waals surface area contributed by atoms with E-state index in [0.29, 0.717) is 27.3 Å². The molecular weight excluding hydrogens is 558 g/mol. The first-order valence-electron chi connectivity index (χ1n) is 12.8. The maximum absolute atomic E-state index is 14.2. The van der Waals surface area contributed by atoms with Gasteiger partial charge in [-0.2, -0.15) is 0 Å². The highest BCUT2D eigenvalue weighted by Crippen LogP contribution is 2.35. The molecule has 2 aliphatic rings. The molecule has 0 aliphatic carbocycles. The number of methoxy groups -OCH3 is 1. The van der Waals surface area contributed by atoms with Crippen molar-refractivity contribution in [3.63, 3.8) is 0 Å². The van der Waals surface area contributed by atoms with Gasteiger partial charge in [-0.05, 0) is 42.8 Å². The van der Waals surface area contributed by atoms with Gasteiger partial charge >= 0.3 is 11.9 Å². The topological polar surface area (TPSA) is 120 Å². The van der Waals surface area contributed by atoms with Crippen LogP contribution in [0.3, 0.4) is 0 Å². The second-order valence-electron chi connectivity index (χ2n) is 9.43. The Morgan fingerprint density at radius 3 is 2.52 bits per heavy atom. The summed E-state index contributed by atoms with van der Waals surface area (Å²) in [5.41, 5.74) is 2.23. The number of fused-ring (bicyclic) bond motifs is 2. The van der Waals surface area contributed by atoms with Gasteiger partial charge in [-0.1, -0.05) is 47.7 Å². The number of anilines is 1. The number of thiazole rings is 1. The number of nitrogens with zero attached hydrogens (tertiary/aromatic N) is 3. The summed E-state index contributed by atoms with van der Waals surface area (Å²) in [4.78, 5) is 59.6. The van der Waals surface area contributed by atoms with Crippen LogP contribution < -0.4 is 24.5 Å². The molecule has 6 rings (SSSR count). The van der Waals surface area contributed by atoms with E-state index < -0.39 is 23.5 Å². The predicted molar refractivity (Wildman–Crippen MR) is 154 cm³/mol. The zero-order chi connectivity index (χ0) is 29.5. The Kier molecular flexibility index (Phi) is 6.79. The van der Waals surface area contributed by atoms with E-state index in [9.17, 15) is 19.2 Å². The van der Waals surface area contributed by atoms with Crippen molar-refractivity contribution in [2.75, 3.05) is 18.6 Å². The third-order valence-corrected chi connectivity index (χ3v) is 8.05. The maximum atomic E-state index is 14.2. The van der Waals surface area contributed by atoms with Crippen LogP contribution >= 0.6 is 11.3 Å². The van der Waals surface area contributed by atoms with E-state index in [-0.39, 0.29) is 39.6 Å². The van der Waals surface area contributed by atoms with Crippen molar-refractivity contribution in [1.29, 1.82) is 0 Å². The summed E-state index contributed by atoms with van der Waals surface area (Å²) in [6.07, 6.45) is 3.00. The number of aromatic nitrogens is 1. The molecule has 10 nitrogen and oxygen atoms in total. The first-order valence-corrected chi connectivity index (χ1v) is 13.7. The Balaban J connectivity index is 1.51.